The average Bonchev–Trinajstić information content (AvgIpc) is 3.41. The molecule has 0 saturated carbocycles. The Kier molecular flexibility index (Phi) is 5.08. The Morgan fingerprint density at radius 2 is 2.10 bits per heavy atom. The lowest BCUT2D eigenvalue weighted by atomic mass is 10.1. The fourth-order valence-corrected chi connectivity index (χ4v) is 5.66. The van der Waals surface area contributed by atoms with Gasteiger partial charge < -0.3 is 4.90 Å². The minimum absolute atomic E-state index is 0.0557. The molecule has 1 amide bonds. The van der Waals surface area contributed by atoms with Gasteiger partial charge in [-0.05, 0) is 42.0 Å². The van der Waals surface area contributed by atoms with Gasteiger partial charge in [0.25, 0.3) is 5.56 Å². The van der Waals surface area contributed by atoms with Gasteiger partial charge in [0.2, 0.25) is 11.7 Å². The Hall–Kier alpha value is -2.65. The van der Waals surface area contributed by atoms with E-state index >= 15 is 0 Å². The number of fused-ring (bicyclic) bond motifs is 4. The van der Waals surface area contributed by atoms with E-state index in [0.717, 1.165) is 24.9 Å². The van der Waals surface area contributed by atoms with E-state index in [0.29, 0.717) is 35.2 Å². The Morgan fingerprint density at radius 3 is 2.97 bits per heavy atom. The maximum atomic E-state index is 12.9. The van der Waals surface area contributed by atoms with Crippen molar-refractivity contribution in [3.8, 4) is 0 Å². The summed E-state index contributed by atoms with van der Waals surface area (Å²) in [4.78, 5) is 29.0. The molecule has 0 N–H and O–H groups in total. The number of nitrogens with zero attached hydrogens (tertiary/aromatic N) is 5. The van der Waals surface area contributed by atoms with E-state index < -0.39 is 0 Å². The number of amides is 1. The van der Waals surface area contributed by atoms with Crippen molar-refractivity contribution in [2.45, 2.75) is 38.0 Å². The number of aromatic nitrogens is 4. The fourth-order valence-electron chi connectivity index (χ4n) is 3.93. The molecule has 0 radical (unpaired) electrons. The van der Waals surface area contributed by atoms with Gasteiger partial charge in [-0.15, -0.1) is 21.5 Å². The van der Waals surface area contributed by atoms with Crippen LogP contribution in [0.25, 0.3) is 16.7 Å². The van der Waals surface area contributed by atoms with Gasteiger partial charge in [0, 0.05) is 24.5 Å². The predicted molar refractivity (Wildman–Crippen MR) is 119 cm³/mol. The van der Waals surface area contributed by atoms with Crippen molar-refractivity contribution in [3.05, 3.63) is 56.5 Å². The van der Waals surface area contributed by atoms with Crippen LogP contribution >= 0.6 is 23.1 Å². The highest BCUT2D eigenvalue weighted by Crippen LogP contribution is 2.26. The zero-order valence-corrected chi connectivity index (χ0v) is 18.2. The first-order chi connectivity index (χ1) is 14.7. The molecule has 0 bridgehead atoms. The van der Waals surface area contributed by atoms with Crippen LogP contribution in [0.4, 0.5) is 0 Å². The van der Waals surface area contributed by atoms with Crippen LogP contribution in [0.5, 0.6) is 0 Å². The van der Waals surface area contributed by atoms with Gasteiger partial charge >= 0.3 is 0 Å². The lowest BCUT2D eigenvalue weighted by Crippen LogP contribution is -2.36. The number of carbonyl (C=O) groups is 1. The molecule has 0 spiro atoms. The minimum atomic E-state index is -0.0557. The second kappa shape index (κ2) is 7.88. The molecule has 4 aromatic rings. The van der Waals surface area contributed by atoms with Crippen LogP contribution in [0.3, 0.4) is 0 Å². The molecule has 154 valence electrons. The van der Waals surface area contributed by atoms with Gasteiger partial charge in [-0.1, -0.05) is 30.8 Å². The van der Waals surface area contributed by atoms with Crippen LogP contribution in [0.15, 0.2) is 45.7 Å². The molecule has 5 rings (SSSR count). The SMILES string of the molecule is CCCn1c(=O)c2ccccc2n2c(SCC(=O)N3CCc4sccc4C3)nnc12. The molecule has 9 heteroatoms. The molecule has 0 atom stereocenters. The first-order valence-corrected chi connectivity index (χ1v) is 11.9. The summed E-state index contributed by atoms with van der Waals surface area (Å²) in [5, 5.41) is 12.0. The zero-order valence-electron chi connectivity index (χ0n) is 16.6. The number of thioether (sulfide) groups is 1. The highest BCUT2D eigenvalue weighted by Gasteiger charge is 2.23. The van der Waals surface area contributed by atoms with Crippen LogP contribution in [-0.4, -0.2) is 42.3 Å². The van der Waals surface area contributed by atoms with Crippen molar-refractivity contribution < 1.29 is 4.79 Å². The fraction of sp³-hybridized carbons (Fsp3) is 0.333. The van der Waals surface area contributed by atoms with Gasteiger partial charge in [-0.2, -0.15) is 0 Å². The molecule has 4 heterocycles. The van der Waals surface area contributed by atoms with E-state index in [2.05, 4.69) is 21.6 Å². The monoisotopic (exact) mass is 439 g/mol. The van der Waals surface area contributed by atoms with E-state index in [4.69, 9.17) is 0 Å². The summed E-state index contributed by atoms with van der Waals surface area (Å²) in [6.07, 6.45) is 1.74. The number of rotatable bonds is 5. The molecule has 0 aliphatic carbocycles. The van der Waals surface area contributed by atoms with Crippen LogP contribution < -0.4 is 5.56 Å². The van der Waals surface area contributed by atoms with Crippen molar-refractivity contribution >= 4 is 45.7 Å². The van der Waals surface area contributed by atoms with Gasteiger partial charge in [0.05, 0.1) is 16.7 Å². The van der Waals surface area contributed by atoms with Crippen molar-refractivity contribution in [2.24, 2.45) is 0 Å². The van der Waals surface area contributed by atoms with E-state index in [-0.39, 0.29) is 11.5 Å². The molecule has 1 aromatic carbocycles. The number of para-hydroxylation sites is 1. The lowest BCUT2D eigenvalue weighted by Gasteiger charge is -2.26. The molecule has 0 unspecified atom stereocenters. The summed E-state index contributed by atoms with van der Waals surface area (Å²) in [6, 6.07) is 9.60. The molecule has 30 heavy (non-hydrogen) atoms. The van der Waals surface area contributed by atoms with Crippen LogP contribution in [0.2, 0.25) is 0 Å². The molecule has 0 fully saturated rings. The van der Waals surface area contributed by atoms with Gasteiger partial charge in [-0.3, -0.25) is 18.6 Å². The number of aryl methyl sites for hydroxylation is 1. The number of carbonyl (C=O) groups excluding carboxylic acids is 1. The summed E-state index contributed by atoms with van der Waals surface area (Å²) in [6.45, 7) is 4.04. The Bertz CT molecular complexity index is 1310. The van der Waals surface area contributed by atoms with Gasteiger partial charge in [0.15, 0.2) is 5.16 Å². The third kappa shape index (κ3) is 3.22. The maximum absolute atomic E-state index is 12.9. The lowest BCUT2D eigenvalue weighted by molar-refractivity contribution is -0.129. The topological polar surface area (TPSA) is 72.5 Å². The number of benzene rings is 1. The zero-order chi connectivity index (χ0) is 20.7. The van der Waals surface area contributed by atoms with Crippen molar-refractivity contribution in [2.75, 3.05) is 12.3 Å². The molecule has 1 aliphatic heterocycles. The van der Waals surface area contributed by atoms with Gasteiger partial charge in [-0.25, -0.2) is 0 Å². The minimum Gasteiger partial charge on any atom is -0.337 e. The van der Waals surface area contributed by atoms with Crippen LogP contribution in [0, 0.1) is 0 Å². The van der Waals surface area contributed by atoms with Crippen molar-refractivity contribution in [1.82, 2.24) is 24.1 Å². The third-order valence-electron chi connectivity index (χ3n) is 5.41. The predicted octanol–water partition coefficient (Wildman–Crippen LogP) is 3.19. The van der Waals surface area contributed by atoms with E-state index in [9.17, 15) is 9.59 Å². The normalized spacial score (nSPS) is 13.8. The van der Waals surface area contributed by atoms with E-state index in [1.165, 1.54) is 22.2 Å². The van der Waals surface area contributed by atoms with E-state index in [1.807, 2.05) is 40.5 Å². The molecule has 7 nitrogen and oxygen atoms in total. The summed E-state index contributed by atoms with van der Waals surface area (Å²) < 4.78 is 3.57. The summed E-state index contributed by atoms with van der Waals surface area (Å²) in [7, 11) is 0. The average molecular weight is 440 g/mol. The Balaban J connectivity index is 1.45. The molecular weight excluding hydrogens is 418 g/mol. The van der Waals surface area contributed by atoms with Crippen molar-refractivity contribution in [3.63, 3.8) is 0 Å². The first-order valence-electron chi connectivity index (χ1n) is 10.00. The number of hydrogen-bond acceptors (Lipinski definition) is 6. The highest BCUT2D eigenvalue weighted by molar-refractivity contribution is 7.99. The molecular formula is C21H21N5O2S2. The van der Waals surface area contributed by atoms with Crippen LogP contribution in [0.1, 0.15) is 23.8 Å². The van der Waals surface area contributed by atoms with Crippen molar-refractivity contribution in [1.29, 1.82) is 0 Å². The second-order valence-corrected chi connectivity index (χ2v) is 9.26. The summed E-state index contributed by atoms with van der Waals surface area (Å²) in [5.41, 5.74) is 1.97. The molecule has 0 saturated heterocycles. The van der Waals surface area contributed by atoms with Crippen LogP contribution in [-0.2, 0) is 24.3 Å². The third-order valence-corrected chi connectivity index (χ3v) is 7.35. The molecule has 1 aliphatic rings. The van der Waals surface area contributed by atoms with E-state index in [1.54, 1.807) is 15.9 Å². The summed E-state index contributed by atoms with van der Waals surface area (Å²) in [5.74, 6) is 0.915. The Morgan fingerprint density at radius 1 is 1.23 bits per heavy atom. The highest BCUT2D eigenvalue weighted by atomic mass is 32.2. The summed E-state index contributed by atoms with van der Waals surface area (Å²) >= 11 is 3.14. The molecule has 3 aromatic heterocycles. The number of hydrogen-bond donors (Lipinski definition) is 0. The number of thiophene rings is 1. The second-order valence-electron chi connectivity index (χ2n) is 7.31. The quantitative estimate of drug-likeness (QED) is 0.447. The Labute approximate surface area is 181 Å². The first kappa shape index (κ1) is 19.3. The smallest absolute Gasteiger partial charge is 0.262 e. The van der Waals surface area contributed by atoms with Gasteiger partial charge in [0.1, 0.15) is 0 Å². The largest absolute Gasteiger partial charge is 0.337 e. The maximum Gasteiger partial charge on any atom is 0.262 e. The standard InChI is InChI=1S/C21H21N5O2S2/c1-2-9-25-19(28)15-5-3-4-6-16(15)26-20(25)22-23-21(26)30-13-18(27)24-10-7-17-14(12-24)8-11-29-17/h3-6,8,11H,2,7,9-10,12-13H2,1H3.